The fraction of sp³-hybridized carbons (Fsp3) is 0.111. The van der Waals surface area contributed by atoms with E-state index < -0.39 is 0 Å². The SMILES string of the molecule is O=C(NCCc1cccnc1Cl)c1ccnc2[nH]c(-c3ccoc3)nc12. The number of amides is 1. The van der Waals surface area contributed by atoms with Crippen LogP contribution in [0.1, 0.15) is 15.9 Å². The van der Waals surface area contributed by atoms with Crippen molar-refractivity contribution in [1.29, 1.82) is 0 Å². The second-order valence-corrected chi connectivity index (χ2v) is 5.97. The Labute approximate surface area is 153 Å². The van der Waals surface area contributed by atoms with E-state index in [0.717, 1.165) is 11.1 Å². The van der Waals surface area contributed by atoms with Gasteiger partial charge < -0.3 is 14.7 Å². The van der Waals surface area contributed by atoms with Gasteiger partial charge in [0.15, 0.2) is 5.65 Å². The molecule has 0 saturated carbocycles. The summed E-state index contributed by atoms with van der Waals surface area (Å²) in [4.78, 5) is 28.4. The van der Waals surface area contributed by atoms with E-state index in [4.69, 9.17) is 16.0 Å². The molecule has 0 unspecified atom stereocenters. The van der Waals surface area contributed by atoms with Crippen molar-refractivity contribution >= 4 is 28.7 Å². The van der Waals surface area contributed by atoms with Crippen molar-refractivity contribution in [2.75, 3.05) is 6.54 Å². The highest BCUT2D eigenvalue weighted by atomic mass is 35.5. The van der Waals surface area contributed by atoms with Crippen molar-refractivity contribution < 1.29 is 9.21 Å². The summed E-state index contributed by atoms with van der Waals surface area (Å²) >= 11 is 6.03. The van der Waals surface area contributed by atoms with Gasteiger partial charge in [-0.1, -0.05) is 17.7 Å². The average molecular weight is 368 g/mol. The molecule has 4 heterocycles. The highest BCUT2D eigenvalue weighted by molar-refractivity contribution is 6.30. The lowest BCUT2D eigenvalue weighted by atomic mass is 10.2. The fourth-order valence-corrected chi connectivity index (χ4v) is 2.86. The summed E-state index contributed by atoms with van der Waals surface area (Å²) in [6.07, 6.45) is 6.94. The number of aromatic amines is 1. The van der Waals surface area contributed by atoms with Gasteiger partial charge in [0, 0.05) is 18.9 Å². The molecule has 0 aromatic carbocycles. The summed E-state index contributed by atoms with van der Waals surface area (Å²) in [5.74, 6) is 0.381. The van der Waals surface area contributed by atoms with Crippen molar-refractivity contribution in [3.8, 4) is 11.4 Å². The molecule has 0 radical (unpaired) electrons. The van der Waals surface area contributed by atoms with Crippen LogP contribution in [0.2, 0.25) is 5.15 Å². The van der Waals surface area contributed by atoms with Gasteiger partial charge in [-0.2, -0.15) is 0 Å². The molecule has 0 atom stereocenters. The van der Waals surface area contributed by atoms with Crippen LogP contribution < -0.4 is 5.32 Å². The normalized spacial score (nSPS) is 11.0. The van der Waals surface area contributed by atoms with E-state index >= 15 is 0 Å². The largest absolute Gasteiger partial charge is 0.472 e. The number of furan rings is 1. The molecule has 0 aliphatic rings. The number of aromatic nitrogens is 4. The van der Waals surface area contributed by atoms with Crippen molar-refractivity contribution in [1.82, 2.24) is 25.3 Å². The van der Waals surface area contributed by atoms with E-state index in [1.165, 1.54) is 0 Å². The van der Waals surface area contributed by atoms with Gasteiger partial charge in [-0.05, 0) is 30.2 Å². The molecule has 4 rings (SSSR count). The topological polar surface area (TPSA) is 96.7 Å². The number of rotatable bonds is 5. The smallest absolute Gasteiger partial charge is 0.253 e. The van der Waals surface area contributed by atoms with Gasteiger partial charge in [0.1, 0.15) is 22.8 Å². The van der Waals surface area contributed by atoms with Crippen molar-refractivity contribution in [2.45, 2.75) is 6.42 Å². The van der Waals surface area contributed by atoms with Crippen LogP contribution in [0.5, 0.6) is 0 Å². The number of carbonyl (C=O) groups excluding carboxylic acids is 1. The Bertz CT molecular complexity index is 1060. The molecule has 7 nitrogen and oxygen atoms in total. The van der Waals surface area contributed by atoms with Crippen LogP contribution in [-0.2, 0) is 6.42 Å². The fourth-order valence-electron chi connectivity index (χ4n) is 2.64. The lowest BCUT2D eigenvalue weighted by Gasteiger charge is -2.06. The maximum absolute atomic E-state index is 12.6. The van der Waals surface area contributed by atoms with Gasteiger partial charge in [0.25, 0.3) is 5.91 Å². The van der Waals surface area contributed by atoms with Gasteiger partial charge in [-0.25, -0.2) is 15.0 Å². The number of carbonyl (C=O) groups is 1. The summed E-state index contributed by atoms with van der Waals surface area (Å²) in [5.41, 5.74) is 3.19. The summed E-state index contributed by atoms with van der Waals surface area (Å²) in [7, 11) is 0. The standard InChI is InChI=1S/C18H14ClN5O2/c19-15-11(2-1-6-20-15)3-7-22-18(25)13-4-8-21-17-14(13)23-16(24-17)12-5-9-26-10-12/h1-2,4-6,8-10H,3,7H2,(H,22,25)(H,21,23,24). The number of hydrogen-bond acceptors (Lipinski definition) is 5. The van der Waals surface area contributed by atoms with Crippen molar-refractivity contribution in [2.24, 2.45) is 0 Å². The maximum Gasteiger partial charge on any atom is 0.253 e. The zero-order chi connectivity index (χ0) is 17.9. The molecule has 4 aromatic heterocycles. The predicted molar refractivity (Wildman–Crippen MR) is 96.9 cm³/mol. The minimum absolute atomic E-state index is 0.220. The number of imidazole rings is 1. The van der Waals surface area contributed by atoms with Gasteiger partial charge in [0.05, 0.1) is 17.4 Å². The molecule has 0 spiro atoms. The average Bonchev–Trinajstić information content (AvgIpc) is 3.32. The highest BCUT2D eigenvalue weighted by Crippen LogP contribution is 2.21. The number of nitrogens with zero attached hydrogens (tertiary/aromatic N) is 3. The van der Waals surface area contributed by atoms with Gasteiger partial charge in [-0.3, -0.25) is 4.79 Å². The van der Waals surface area contributed by atoms with Crippen LogP contribution in [0.25, 0.3) is 22.6 Å². The number of H-pyrrole nitrogens is 1. The summed E-state index contributed by atoms with van der Waals surface area (Å²) in [5, 5.41) is 3.33. The molecule has 2 N–H and O–H groups in total. The van der Waals surface area contributed by atoms with Gasteiger partial charge in [0.2, 0.25) is 0 Å². The number of nitrogens with one attached hydrogen (secondary N) is 2. The molecule has 26 heavy (non-hydrogen) atoms. The molecule has 0 aliphatic heterocycles. The third-order valence-corrected chi connectivity index (χ3v) is 4.28. The number of fused-ring (bicyclic) bond motifs is 1. The van der Waals surface area contributed by atoms with E-state index in [0.29, 0.717) is 40.7 Å². The van der Waals surface area contributed by atoms with Crippen LogP contribution in [0, 0.1) is 0 Å². The van der Waals surface area contributed by atoms with E-state index in [1.54, 1.807) is 37.1 Å². The molecule has 0 bridgehead atoms. The quantitative estimate of drug-likeness (QED) is 0.528. The Balaban J connectivity index is 1.52. The molecule has 0 aliphatic carbocycles. The first kappa shape index (κ1) is 16.3. The van der Waals surface area contributed by atoms with Crippen LogP contribution in [0.15, 0.2) is 53.6 Å². The molecule has 130 valence electrons. The second kappa shape index (κ2) is 6.97. The summed E-state index contributed by atoms with van der Waals surface area (Å²) in [6, 6.07) is 7.14. The monoisotopic (exact) mass is 367 g/mol. The molecule has 1 amide bonds. The highest BCUT2D eigenvalue weighted by Gasteiger charge is 2.15. The molecule has 0 saturated heterocycles. The Morgan fingerprint density at radius 3 is 2.96 bits per heavy atom. The summed E-state index contributed by atoms with van der Waals surface area (Å²) in [6.45, 7) is 0.438. The molecular formula is C18H14ClN5O2. The van der Waals surface area contributed by atoms with E-state index in [9.17, 15) is 4.79 Å². The number of pyridine rings is 2. The van der Waals surface area contributed by atoms with Crippen LogP contribution in [0.3, 0.4) is 0 Å². The molecule has 8 heteroatoms. The number of hydrogen-bond donors (Lipinski definition) is 2. The Morgan fingerprint density at radius 1 is 1.23 bits per heavy atom. The first-order valence-corrected chi connectivity index (χ1v) is 8.35. The first-order chi connectivity index (χ1) is 12.7. The van der Waals surface area contributed by atoms with Crippen LogP contribution in [-0.4, -0.2) is 32.4 Å². The van der Waals surface area contributed by atoms with Gasteiger partial charge in [-0.15, -0.1) is 0 Å². The minimum atomic E-state index is -0.220. The van der Waals surface area contributed by atoms with Crippen molar-refractivity contribution in [3.05, 3.63) is 65.5 Å². The lowest BCUT2D eigenvalue weighted by molar-refractivity contribution is 0.0955. The van der Waals surface area contributed by atoms with Gasteiger partial charge >= 0.3 is 0 Å². The van der Waals surface area contributed by atoms with Crippen molar-refractivity contribution in [3.63, 3.8) is 0 Å². The Kier molecular flexibility index (Phi) is 4.37. The zero-order valence-corrected chi connectivity index (χ0v) is 14.3. The van der Waals surface area contributed by atoms with Crippen LogP contribution in [0.4, 0.5) is 0 Å². The number of halogens is 1. The molecule has 0 fully saturated rings. The van der Waals surface area contributed by atoms with E-state index in [-0.39, 0.29) is 5.91 Å². The predicted octanol–water partition coefficient (Wildman–Crippen LogP) is 3.24. The second-order valence-electron chi connectivity index (χ2n) is 5.61. The Morgan fingerprint density at radius 2 is 2.15 bits per heavy atom. The minimum Gasteiger partial charge on any atom is -0.472 e. The summed E-state index contributed by atoms with van der Waals surface area (Å²) < 4.78 is 5.07. The van der Waals surface area contributed by atoms with E-state index in [1.807, 2.05) is 12.1 Å². The third kappa shape index (κ3) is 3.16. The first-order valence-electron chi connectivity index (χ1n) is 7.97. The third-order valence-electron chi connectivity index (χ3n) is 3.94. The lowest BCUT2D eigenvalue weighted by Crippen LogP contribution is -2.26. The van der Waals surface area contributed by atoms with Crippen LogP contribution >= 0.6 is 11.6 Å². The maximum atomic E-state index is 12.6. The molecule has 4 aromatic rings. The zero-order valence-electron chi connectivity index (χ0n) is 13.6. The van der Waals surface area contributed by atoms with E-state index in [2.05, 4.69) is 25.3 Å². The Hall–Kier alpha value is -3.19. The molecular weight excluding hydrogens is 354 g/mol.